The van der Waals surface area contributed by atoms with Crippen LogP contribution in [-0.4, -0.2) is 34.4 Å². The molecule has 0 bridgehead atoms. The lowest BCUT2D eigenvalue weighted by Crippen LogP contribution is -2.14. The average molecular weight is 442 g/mol. The highest BCUT2D eigenvalue weighted by Gasteiger charge is 2.16. The Bertz CT molecular complexity index is 1250. The van der Waals surface area contributed by atoms with Crippen LogP contribution in [0.4, 0.5) is 5.82 Å². The smallest absolute Gasteiger partial charge is 0.129 e. The number of nitrogens with zero attached hydrogens (tertiary/aromatic N) is 2. The van der Waals surface area contributed by atoms with Gasteiger partial charge in [0.05, 0.1) is 12.6 Å². The predicted octanol–water partition coefficient (Wildman–Crippen LogP) is 5.30. The summed E-state index contributed by atoms with van der Waals surface area (Å²) < 4.78 is 8.33. The Kier molecular flexibility index (Phi) is 6.31. The van der Waals surface area contributed by atoms with E-state index >= 15 is 0 Å². The molecule has 1 atom stereocenters. The van der Waals surface area contributed by atoms with E-state index in [1.807, 2.05) is 6.07 Å². The maximum atomic E-state index is 9.70. The van der Waals surface area contributed by atoms with E-state index in [9.17, 15) is 5.11 Å². The van der Waals surface area contributed by atoms with Crippen LogP contribution in [0.1, 0.15) is 41.3 Å². The van der Waals surface area contributed by atoms with E-state index in [0.29, 0.717) is 13.0 Å². The number of aryl methyl sites for hydroxylation is 2. The first-order valence-corrected chi connectivity index (χ1v) is 11.8. The summed E-state index contributed by atoms with van der Waals surface area (Å²) in [5, 5.41) is 14.2. The Hall–Kier alpha value is -3.31. The lowest BCUT2D eigenvalue weighted by atomic mass is 10.0. The quantitative estimate of drug-likeness (QED) is 0.390. The van der Waals surface area contributed by atoms with Gasteiger partial charge < -0.3 is 19.7 Å². The monoisotopic (exact) mass is 441 g/mol. The molecule has 33 heavy (non-hydrogen) atoms. The molecule has 2 aromatic carbocycles. The van der Waals surface area contributed by atoms with Crippen molar-refractivity contribution < 1.29 is 9.84 Å². The first kappa shape index (κ1) is 21.5. The Balaban J connectivity index is 1.29. The number of fused-ring (bicyclic) bond motifs is 2. The molecule has 5 nitrogen and oxygen atoms in total. The normalized spacial score (nSPS) is 14.0. The number of nitrogens with one attached hydrogen (secondary N) is 1. The molecule has 4 aromatic rings. The summed E-state index contributed by atoms with van der Waals surface area (Å²) in [7, 11) is 0. The van der Waals surface area contributed by atoms with Gasteiger partial charge in [-0.3, -0.25) is 0 Å². The maximum absolute atomic E-state index is 9.70. The zero-order valence-corrected chi connectivity index (χ0v) is 19.1. The number of benzene rings is 2. The van der Waals surface area contributed by atoms with Crippen LogP contribution >= 0.6 is 0 Å². The van der Waals surface area contributed by atoms with Gasteiger partial charge in [-0.15, -0.1) is 0 Å². The number of aromatic nitrogens is 2. The Labute approximate surface area is 195 Å². The van der Waals surface area contributed by atoms with E-state index in [1.54, 1.807) is 0 Å². The largest absolute Gasteiger partial charge is 0.493 e. The minimum atomic E-state index is 0.0999. The van der Waals surface area contributed by atoms with Crippen molar-refractivity contribution >= 4 is 16.7 Å². The Morgan fingerprint density at radius 3 is 2.94 bits per heavy atom. The fourth-order valence-electron chi connectivity index (χ4n) is 4.75. The molecule has 0 saturated heterocycles. The average Bonchev–Trinajstić information content (AvgIpc) is 3.25. The molecule has 1 unspecified atom stereocenters. The minimum absolute atomic E-state index is 0.0999. The number of aliphatic hydroxyl groups is 1. The van der Waals surface area contributed by atoms with Gasteiger partial charge in [-0.25, -0.2) is 4.98 Å². The summed E-state index contributed by atoms with van der Waals surface area (Å²) in [5.41, 5.74) is 5.96. The van der Waals surface area contributed by atoms with Crippen LogP contribution in [0.3, 0.4) is 0 Å². The fraction of sp³-hybridized carbons (Fsp3) is 0.321. The van der Waals surface area contributed by atoms with Crippen LogP contribution in [-0.2, 0) is 12.8 Å². The van der Waals surface area contributed by atoms with Gasteiger partial charge in [0.15, 0.2) is 0 Å². The van der Waals surface area contributed by atoms with E-state index in [-0.39, 0.29) is 12.6 Å². The lowest BCUT2D eigenvalue weighted by molar-refractivity contribution is 0.269. The third-order valence-corrected chi connectivity index (χ3v) is 6.44. The Morgan fingerprint density at radius 2 is 2.06 bits per heavy atom. The van der Waals surface area contributed by atoms with Crippen molar-refractivity contribution in [2.75, 3.05) is 25.1 Å². The molecule has 2 N–H and O–H groups in total. The molecule has 2 aromatic heterocycles. The molecule has 0 radical (unpaired) electrons. The third-order valence-electron chi connectivity index (χ3n) is 6.44. The molecule has 3 heterocycles. The van der Waals surface area contributed by atoms with Crippen molar-refractivity contribution in [3.8, 4) is 5.75 Å². The molecule has 0 fully saturated rings. The number of hydrogen-bond acceptors (Lipinski definition) is 4. The molecular formula is C28H31N3O2. The minimum Gasteiger partial charge on any atom is -0.493 e. The number of rotatable bonds is 8. The zero-order valence-electron chi connectivity index (χ0n) is 19.1. The summed E-state index contributed by atoms with van der Waals surface area (Å²) in [6.07, 6.45) is 5.84. The summed E-state index contributed by atoms with van der Waals surface area (Å²) in [6.45, 7) is 3.84. The summed E-state index contributed by atoms with van der Waals surface area (Å²) >= 11 is 0. The van der Waals surface area contributed by atoms with Crippen LogP contribution in [0.15, 0.2) is 66.9 Å². The van der Waals surface area contributed by atoms with Crippen molar-refractivity contribution in [3.63, 3.8) is 0 Å². The van der Waals surface area contributed by atoms with Gasteiger partial charge in [-0.05, 0) is 67.6 Å². The van der Waals surface area contributed by atoms with Crippen LogP contribution in [0, 0.1) is 6.92 Å². The highest BCUT2D eigenvalue weighted by molar-refractivity contribution is 5.82. The van der Waals surface area contributed by atoms with Gasteiger partial charge in [-0.2, -0.15) is 0 Å². The summed E-state index contributed by atoms with van der Waals surface area (Å²) in [6, 6.07) is 21.3. The fourth-order valence-corrected chi connectivity index (χ4v) is 4.75. The van der Waals surface area contributed by atoms with Gasteiger partial charge in [0.2, 0.25) is 0 Å². The van der Waals surface area contributed by atoms with Crippen molar-refractivity contribution in [1.82, 2.24) is 9.55 Å². The van der Waals surface area contributed by atoms with Gasteiger partial charge in [0.1, 0.15) is 11.6 Å². The van der Waals surface area contributed by atoms with Crippen LogP contribution in [0.5, 0.6) is 5.75 Å². The predicted molar refractivity (Wildman–Crippen MR) is 133 cm³/mol. The highest BCUT2D eigenvalue weighted by Crippen LogP contribution is 2.30. The number of ether oxygens (including phenoxy) is 1. The third kappa shape index (κ3) is 4.74. The molecule has 0 saturated carbocycles. The maximum Gasteiger partial charge on any atom is 0.129 e. The number of aliphatic hydroxyl groups excluding tert-OH is 1. The van der Waals surface area contributed by atoms with E-state index in [1.165, 1.54) is 23.1 Å². The second-order valence-electron chi connectivity index (χ2n) is 8.82. The summed E-state index contributed by atoms with van der Waals surface area (Å²) in [5.74, 6) is 1.90. The van der Waals surface area contributed by atoms with Crippen molar-refractivity contribution in [2.45, 2.75) is 38.6 Å². The first-order chi connectivity index (χ1) is 16.2. The van der Waals surface area contributed by atoms with Crippen molar-refractivity contribution in [3.05, 3.63) is 89.2 Å². The van der Waals surface area contributed by atoms with Gasteiger partial charge >= 0.3 is 0 Å². The molecule has 1 aliphatic heterocycles. The molecule has 0 aliphatic carbocycles. The molecule has 170 valence electrons. The molecular weight excluding hydrogens is 410 g/mol. The first-order valence-electron chi connectivity index (χ1n) is 11.8. The van der Waals surface area contributed by atoms with Gasteiger partial charge in [0, 0.05) is 42.4 Å². The molecule has 5 heteroatoms. The van der Waals surface area contributed by atoms with Crippen molar-refractivity contribution in [2.24, 2.45) is 0 Å². The Morgan fingerprint density at radius 1 is 1.12 bits per heavy atom. The number of hydrogen-bond donors (Lipinski definition) is 2. The molecule has 0 amide bonds. The number of anilines is 1. The van der Waals surface area contributed by atoms with Crippen LogP contribution in [0.2, 0.25) is 0 Å². The topological polar surface area (TPSA) is 59.3 Å². The highest BCUT2D eigenvalue weighted by atomic mass is 16.5. The molecule has 5 rings (SSSR count). The second-order valence-corrected chi connectivity index (χ2v) is 8.82. The van der Waals surface area contributed by atoms with Gasteiger partial charge in [0.25, 0.3) is 0 Å². The van der Waals surface area contributed by atoms with E-state index in [0.717, 1.165) is 47.6 Å². The van der Waals surface area contributed by atoms with Crippen LogP contribution < -0.4 is 10.1 Å². The van der Waals surface area contributed by atoms with E-state index in [4.69, 9.17) is 9.72 Å². The second kappa shape index (κ2) is 9.67. The van der Waals surface area contributed by atoms with Crippen molar-refractivity contribution in [1.29, 1.82) is 0 Å². The summed E-state index contributed by atoms with van der Waals surface area (Å²) in [4.78, 5) is 4.75. The van der Waals surface area contributed by atoms with E-state index < -0.39 is 0 Å². The molecule has 0 spiro atoms. The zero-order chi connectivity index (χ0) is 22.6. The lowest BCUT2D eigenvalue weighted by Gasteiger charge is -2.20. The van der Waals surface area contributed by atoms with E-state index in [2.05, 4.69) is 77.6 Å². The standard InChI is InChI=1S/C28H31N3O2/c1-20-4-2-5-22(18-20)27(12-16-32)31-15-11-23-19-25(9-10-26(23)31)33-17-13-24-8-7-21-6-3-14-29-28(21)30-24/h2,4-5,7-11,15,18-19,27,32H,3,6,12-14,16-17H2,1H3,(H,29,30). The SMILES string of the molecule is Cc1cccc(C(CCO)n2ccc3cc(OCCc4ccc5c(n4)NCCC5)ccc32)c1. The number of pyridine rings is 1. The molecule has 1 aliphatic rings. The van der Waals surface area contributed by atoms with Crippen LogP contribution in [0.25, 0.3) is 10.9 Å². The van der Waals surface area contributed by atoms with Gasteiger partial charge in [-0.1, -0.05) is 35.9 Å².